The van der Waals surface area contributed by atoms with Crippen LogP contribution in [0.1, 0.15) is 12.8 Å². The molecule has 1 atom stereocenters. The third kappa shape index (κ3) is 4.05. The van der Waals surface area contributed by atoms with Gasteiger partial charge in [-0.2, -0.15) is 10.1 Å². The summed E-state index contributed by atoms with van der Waals surface area (Å²) in [6, 6.07) is -0.0756. The smallest absolute Gasteiger partial charge is 0.303 e. The second kappa shape index (κ2) is 7.77. The van der Waals surface area contributed by atoms with Gasteiger partial charge in [-0.3, -0.25) is 9.48 Å². The molecule has 3 rings (SSSR count). The Kier molecular flexibility index (Phi) is 5.26. The summed E-state index contributed by atoms with van der Waals surface area (Å²) in [5.74, 6) is -0.449. The van der Waals surface area contributed by atoms with E-state index in [0.29, 0.717) is 18.8 Å². The van der Waals surface area contributed by atoms with Gasteiger partial charge in [0.25, 0.3) is 6.54 Å². The maximum absolute atomic E-state index is 14.0. The van der Waals surface area contributed by atoms with Crippen molar-refractivity contribution in [1.82, 2.24) is 24.6 Å². The fraction of sp³-hybridized carbons (Fsp3) is 0.438. The lowest BCUT2D eigenvalue weighted by Crippen LogP contribution is -2.40. The molecule has 0 saturated carbocycles. The lowest BCUT2D eigenvalue weighted by atomic mass is 10.2. The van der Waals surface area contributed by atoms with E-state index in [1.807, 2.05) is 0 Å². The van der Waals surface area contributed by atoms with E-state index in [0.717, 1.165) is 19.0 Å². The van der Waals surface area contributed by atoms with Crippen LogP contribution in [0.5, 0.6) is 0 Å². The fourth-order valence-corrected chi connectivity index (χ4v) is 2.92. The number of anilines is 3. The molecule has 1 amide bonds. The van der Waals surface area contributed by atoms with Crippen LogP contribution in [-0.4, -0.2) is 56.2 Å². The van der Waals surface area contributed by atoms with Crippen molar-refractivity contribution < 1.29 is 9.18 Å². The van der Waals surface area contributed by atoms with Crippen LogP contribution in [0.15, 0.2) is 18.6 Å². The van der Waals surface area contributed by atoms with Gasteiger partial charge < -0.3 is 20.4 Å². The van der Waals surface area contributed by atoms with E-state index in [1.165, 1.54) is 0 Å². The summed E-state index contributed by atoms with van der Waals surface area (Å²) in [7, 11) is 1.78. The average Bonchev–Trinajstić information content (AvgIpc) is 3.24. The maximum Gasteiger partial charge on any atom is 0.303 e. The summed E-state index contributed by atoms with van der Waals surface area (Å²) >= 11 is 0. The molecule has 1 aliphatic heterocycles. The number of amides is 1. The third-order valence-corrected chi connectivity index (χ3v) is 4.12. The topological polar surface area (TPSA) is 92.3 Å². The first-order valence-electron chi connectivity index (χ1n) is 8.21. The summed E-state index contributed by atoms with van der Waals surface area (Å²) in [5, 5.41) is 9.94. The van der Waals surface area contributed by atoms with Crippen LogP contribution in [0, 0.1) is 12.4 Å². The fourth-order valence-electron chi connectivity index (χ4n) is 2.92. The monoisotopic (exact) mass is 358 g/mol. The molecule has 0 aliphatic carbocycles. The van der Waals surface area contributed by atoms with E-state index < -0.39 is 5.82 Å². The first-order valence-corrected chi connectivity index (χ1v) is 8.21. The molecule has 1 saturated heterocycles. The Labute approximate surface area is 150 Å². The van der Waals surface area contributed by atoms with Crippen LogP contribution in [0.3, 0.4) is 0 Å². The van der Waals surface area contributed by atoms with Gasteiger partial charge in [0.15, 0.2) is 11.6 Å². The van der Waals surface area contributed by atoms with Crippen molar-refractivity contribution in [3.05, 3.63) is 35.8 Å². The molecule has 0 radical (unpaired) electrons. The molecule has 9 nitrogen and oxygen atoms in total. The Morgan fingerprint density at radius 1 is 1.50 bits per heavy atom. The first-order chi connectivity index (χ1) is 12.6. The quantitative estimate of drug-likeness (QED) is 0.759. The van der Waals surface area contributed by atoms with Crippen LogP contribution in [0.2, 0.25) is 0 Å². The number of hydrogen-bond donors (Lipinski definition) is 2. The molecular formula is C16H19FN8O. The Morgan fingerprint density at radius 3 is 3.08 bits per heavy atom. The highest BCUT2D eigenvalue weighted by molar-refractivity contribution is 5.80. The summed E-state index contributed by atoms with van der Waals surface area (Å²) in [6.07, 6.45) is 6.13. The minimum absolute atomic E-state index is 0.0656. The van der Waals surface area contributed by atoms with Gasteiger partial charge in [0.1, 0.15) is 0 Å². The zero-order valence-electron chi connectivity index (χ0n) is 14.3. The van der Waals surface area contributed by atoms with Crippen LogP contribution >= 0.6 is 0 Å². The number of nitrogens with zero attached hydrogens (tertiary/aromatic N) is 6. The van der Waals surface area contributed by atoms with Crippen LogP contribution in [0.4, 0.5) is 21.8 Å². The Balaban J connectivity index is 1.65. The third-order valence-electron chi connectivity index (χ3n) is 4.12. The molecule has 136 valence electrons. The van der Waals surface area contributed by atoms with Crippen LogP contribution < -0.4 is 10.6 Å². The summed E-state index contributed by atoms with van der Waals surface area (Å²) in [6.45, 7) is 7.66. The second-order valence-corrected chi connectivity index (χ2v) is 6.00. The predicted molar refractivity (Wildman–Crippen MR) is 93.2 cm³/mol. The predicted octanol–water partition coefficient (Wildman–Crippen LogP) is 1.41. The van der Waals surface area contributed by atoms with Gasteiger partial charge in [-0.1, -0.05) is 0 Å². The molecular weight excluding hydrogens is 339 g/mol. The number of carbonyl (C=O) groups excluding carboxylic acids is 1. The molecule has 2 N–H and O–H groups in total. The van der Waals surface area contributed by atoms with E-state index in [-0.39, 0.29) is 30.3 Å². The van der Waals surface area contributed by atoms with Crippen molar-refractivity contribution in [3.63, 3.8) is 0 Å². The lowest BCUT2D eigenvalue weighted by Gasteiger charge is -2.23. The molecule has 0 spiro atoms. The minimum atomic E-state index is -0.571. The number of aryl methyl sites for hydroxylation is 1. The Hall–Kier alpha value is -3.22. The molecule has 0 aromatic carbocycles. The molecule has 0 bridgehead atoms. The highest BCUT2D eigenvalue weighted by Gasteiger charge is 2.29. The van der Waals surface area contributed by atoms with Gasteiger partial charge in [0.05, 0.1) is 18.1 Å². The summed E-state index contributed by atoms with van der Waals surface area (Å²) in [4.78, 5) is 24.8. The van der Waals surface area contributed by atoms with Crippen molar-refractivity contribution >= 4 is 23.4 Å². The average molecular weight is 358 g/mol. The van der Waals surface area contributed by atoms with E-state index in [1.54, 1.807) is 29.0 Å². The number of nitrogens with one attached hydrogen (secondary N) is 2. The van der Waals surface area contributed by atoms with Crippen LogP contribution in [0.25, 0.3) is 4.85 Å². The summed E-state index contributed by atoms with van der Waals surface area (Å²) < 4.78 is 15.6. The second-order valence-electron chi connectivity index (χ2n) is 6.00. The molecule has 0 unspecified atom stereocenters. The zero-order valence-corrected chi connectivity index (χ0v) is 14.3. The van der Waals surface area contributed by atoms with Gasteiger partial charge in [-0.15, -0.1) is 0 Å². The van der Waals surface area contributed by atoms with E-state index in [2.05, 4.69) is 30.5 Å². The zero-order chi connectivity index (χ0) is 18.5. The van der Waals surface area contributed by atoms with Gasteiger partial charge >= 0.3 is 5.91 Å². The van der Waals surface area contributed by atoms with Gasteiger partial charge in [-0.25, -0.2) is 15.9 Å². The number of aromatic nitrogens is 4. The Morgan fingerprint density at radius 2 is 2.35 bits per heavy atom. The number of carbonyl (C=O) groups is 1. The normalized spacial score (nSPS) is 16.3. The lowest BCUT2D eigenvalue weighted by molar-refractivity contribution is -0.129. The first kappa shape index (κ1) is 17.6. The highest BCUT2D eigenvalue weighted by atomic mass is 19.1. The number of hydrogen-bond acceptors (Lipinski definition) is 6. The Bertz CT molecular complexity index is 830. The van der Waals surface area contributed by atoms with E-state index in [9.17, 15) is 9.18 Å². The molecule has 3 heterocycles. The molecule has 2 aromatic heterocycles. The van der Waals surface area contributed by atoms with E-state index in [4.69, 9.17) is 6.57 Å². The minimum Gasteiger partial charge on any atom is -0.365 e. The largest absolute Gasteiger partial charge is 0.365 e. The van der Waals surface area contributed by atoms with Crippen molar-refractivity contribution in [3.8, 4) is 0 Å². The molecule has 1 aliphatic rings. The standard InChI is InChI=1S/C16H19FN8O/c1-18-9-14(26)25-5-3-4-12(25)7-19-15-13(17)8-20-16(23-15)22-11-6-21-24(2)10-11/h6,8,10,12H,3-5,7,9H2,2H3,(H2,19,20,22,23)/t12-/m1/s1. The molecule has 10 heteroatoms. The molecule has 1 fully saturated rings. The maximum atomic E-state index is 14.0. The number of halogens is 1. The SMILES string of the molecule is [C-]#[N+]CC(=O)N1CCC[C@@H]1CNc1nc(Nc2cnn(C)c2)ncc1F. The van der Waals surface area contributed by atoms with Crippen molar-refractivity contribution in [2.75, 3.05) is 30.3 Å². The van der Waals surface area contributed by atoms with Gasteiger partial charge in [-0.05, 0) is 12.8 Å². The van der Waals surface area contributed by atoms with Gasteiger partial charge in [0.2, 0.25) is 5.95 Å². The van der Waals surface area contributed by atoms with Crippen molar-refractivity contribution in [1.29, 1.82) is 0 Å². The van der Waals surface area contributed by atoms with Crippen molar-refractivity contribution in [2.24, 2.45) is 7.05 Å². The number of likely N-dealkylation sites (tertiary alicyclic amines) is 1. The van der Waals surface area contributed by atoms with Crippen molar-refractivity contribution in [2.45, 2.75) is 18.9 Å². The van der Waals surface area contributed by atoms with Gasteiger partial charge in [0, 0.05) is 32.4 Å². The highest BCUT2D eigenvalue weighted by Crippen LogP contribution is 2.20. The molecule has 26 heavy (non-hydrogen) atoms. The molecule has 2 aromatic rings. The van der Waals surface area contributed by atoms with E-state index >= 15 is 0 Å². The van der Waals surface area contributed by atoms with Crippen LogP contribution in [-0.2, 0) is 11.8 Å². The number of rotatable bonds is 6. The summed E-state index contributed by atoms with van der Waals surface area (Å²) in [5.41, 5.74) is 0.691.